The number of nitrogens with one attached hydrogen (secondary N) is 1. The first kappa shape index (κ1) is 16.7. The molecule has 0 unspecified atom stereocenters. The first-order valence-electron chi connectivity index (χ1n) is 7.39. The molecule has 0 saturated heterocycles. The Balaban J connectivity index is 2.04. The van der Waals surface area contributed by atoms with Crippen molar-refractivity contribution in [2.45, 2.75) is 25.7 Å². The third-order valence-corrected chi connectivity index (χ3v) is 6.64. The van der Waals surface area contributed by atoms with Crippen LogP contribution in [0.3, 0.4) is 0 Å². The molecule has 0 aliphatic heterocycles. The molecule has 3 aromatic rings. The summed E-state index contributed by atoms with van der Waals surface area (Å²) in [6.07, 6.45) is 0. The molecule has 1 N–H and O–H groups in total. The van der Waals surface area contributed by atoms with Crippen LogP contribution < -0.4 is 9.60 Å². The molecular formula is C17H18N2O3S2. The summed E-state index contributed by atoms with van der Waals surface area (Å²) in [6, 6.07) is 8.67. The molecule has 0 radical (unpaired) electrons. The van der Waals surface area contributed by atoms with Crippen LogP contribution >= 0.6 is 11.3 Å². The summed E-state index contributed by atoms with van der Waals surface area (Å²) in [7, 11) is -1.99. The van der Waals surface area contributed by atoms with Gasteiger partial charge in [-0.3, -0.25) is 9.52 Å². The number of anilines is 1. The Morgan fingerprint density at radius 1 is 1.00 bits per heavy atom. The summed E-state index contributed by atoms with van der Waals surface area (Å²) in [4.78, 5) is 11.9. The van der Waals surface area contributed by atoms with Gasteiger partial charge in [0.1, 0.15) is 0 Å². The Hall–Kier alpha value is -2.12. The number of aryl methyl sites for hydroxylation is 4. The maximum atomic E-state index is 12.7. The van der Waals surface area contributed by atoms with Crippen molar-refractivity contribution >= 4 is 37.3 Å². The van der Waals surface area contributed by atoms with Crippen LogP contribution in [0.5, 0.6) is 0 Å². The highest BCUT2D eigenvalue weighted by atomic mass is 32.2. The van der Waals surface area contributed by atoms with Crippen LogP contribution in [0.1, 0.15) is 16.7 Å². The van der Waals surface area contributed by atoms with E-state index in [1.54, 1.807) is 42.8 Å². The Bertz CT molecular complexity index is 1110. The minimum absolute atomic E-state index is 0.0741. The molecule has 0 saturated carbocycles. The third kappa shape index (κ3) is 2.85. The average molecular weight is 362 g/mol. The topological polar surface area (TPSA) is 68.2 Å². The van der Waals surface area contributed by atoms with Gasteiger partial charge in [0.2, 0.25) is 0 Å². The Kier molecular flexibility index (Phi) is 4.01. The van der Waals surface area contributed by atoms with Gasteiger partial charge in [-0.1, -0.05) is 17.4 Å². The number of sulfonamides is 1. The molecule has 0 fully saturated rings. The summed E-state index contributed by atoms with van der Waals surface area (Å²) in [5, 5.41) is 0. The van der Waals surface area contributed by atoms with E-state index in [9.17, 15) is 13.2 Å². The predicted octanol–water partition coefficient (Wildman–Crippen LogP) is 3.33. The summed E-state index contributed by atoms with van der Waals surface area (Å²) >= 11 is 1.09. The first-order chi connectivity index (χ1) is 11.2. The zero-order chi connectivity index (χ0) is 17.6. The van der Waals surface area contributed by atoms with E-state index in [0.717, 1.165) is 32.7 Å². The van der Waals surface area contributed by atoms with Crippen molar-refractivity contribution in [1.29, 1.82) is 0 Å². The van der Waals surface area contributed by atoms with Crippen molar-refractivity contribution in [3.05, 3.63) is 56.7 Å². The number of thiazole rings is 1. The number of fused-ring (bicyclic) bond motifs is 1. The molecule has 0 atom stereocenters. The van der Waals surface area contributed by atoms with Crippen LogP contribution in [0, 0.1) is 20.8 Å². The maximum absolute atomic E-state index is 12.7. The lowest BCUT2D eigenvalue weighted by molar-refractivity contribution is 0.600. The standard InChI is InChI=1S/C17H18N2O3S2/c1-10-7-12(3)16(8-11(10)2)24(21,22)18-13-5-6-14-15(9-13)23-17(20)19(14)4/h5-9,18H,1-4H3. The lowest BCUT2D eigenvalue weighted by Crippen LogP contribution is -2.14. The number of aromatic nitrogens is 1. The fourth-order valence-corrected chi connectivity index (χ4v) is 4.91. The largest absolute Gasteiger partial charge is 0.307 e. The number of hydrogen-bond donors (Lipinski definition) is 1. The number of rotatable bonds is 3. The molecule has 3 rings (SSSR count). The molecule has 24 heavy (non-hydrogen) atoms. The molecule has 5 nitrogen and oxygen atoms in total. The smallest absolute Gasteiger partial charge is 0.302 e. The van der Waals surface area contributed by atoms with Crippen LogP contribution in [0.2, 0.25) is 0 Å². The Morgan fingerprint density at radius 2 is 1.67 bits per heavy atom. The molecule has 0 aliphatic carbocycles. The first-order valence-corrected chi connectivity index (χ1v) is 9.69. The quantitative estimate of drug-likeness (QED) is 0.777. The fraction of sp³-hybridized carbons (Fsp3) is 0.235. The van der Waals surface area contributed by atoms with E-state index in [1.807, 2.05) is 19.9 Å². The van der Waals surface area contributed by atoms with Gasteiger partial charge in [0.05, 0.1) is 20.8 Å². The van der Waals surface area contributed by atoms with E-state index in [1.165, 1.54) is 0 Å². The lowest BCUT2D eigenvalue weighted by Gasteiger charge is -2.12. The van der Waals surface area contributed by atoms with Crippen LogP contribution in [0.15, 0.2) is 40.0 Å². The van der Waals surface area contributed by atoms with E-state index in [4.69, 9.17) is 0 Å². The van der Waals surface area contributed by atoms with Crippen molar-refractivity contribution in [3.63, 3.8) is 0 Å². The Morgan fingerprint density at radius 3 is 2.38 bits per heavy atom. The van der Waals surface area contributed by atoms with Crippen molar-refractivity contribution in [3.8, 4) is 0 Å². The molecule has 0 spiro atoms. The van der Waals surface area contributed by atoms with Crippen LogP contribution in [-0.2, 0) is 17.1 Å². The Labute approximate surface area is 144 Å². The molecule has 0 aliphatic rings. The molecule has 1 heterocycles. The van der Waals surface area contributed by atoms with Crippen LogP contribution in [0.25, 0.3) is 10.2 Å². The second-order valence-corrected chi connectivity index (χ2v) is 8.56. The van der Waals surface area contributed by atoms with E-state index in [2.05, 4.69) is 4.72 Å². The van der Waals surface area contributed by atoms with E-state index in [0.29, 0.717) is 11.3 Å². The summed E-state index contributed by atoms with van der Waals surface area (Å²) in [6.45, 7) is 5.63. The normalized spacial score (nSPS) is 11.8. The molecule has 1 aromatic heterocycles. The second-order valence-electron chi connectivity index (χ2n) is 5.92. The highest BCUT2D eigenvalue weighted by molar-refractivity contribution is 7.92. The van der Waals surface area contributed by atoms with Crippen LogP contribution in [0.4, 0.5) is 5.69 Å². The lowest BCUT2D eigenvalue weighted by atomic mass is 10.1. The third-order valence-electron chi connectivity index (χ3n) is 4.13. The second kappa shape index (κ2) is 5.75. The van der Waals surface area contributed by atoms with Crippen molar-refractivity contribution < 1.29 is 8.42 Å². The number of hydrogen-bond acceptors (Lipinski definition) is 4. The molecule has 0 amide bonds. The molecule has 7 heteroatoms. The summed E-state index contributed by atoms with van der Waals surface area (Å²) in [5.41, 5.74) is 3.92. The van der Waals surface area contributed by atoms with E-state index < -0.39 is 10.0 Å². The number of benzene rings is 2. The summed E-state index contributed by atoms with van der Waals surface area (Å²) in [5.74, 6) is 0. The molecule has 0 bridgehead atoms. The highest BCUT2D eigenvalue weighted by Crippen LogP contribution is 2.25. The summed E-state index contributed by atoms with van der Waals surface area (Å²) < 4.78 is 30.3. The minimum atomic E-state index is -3.69. The van der Waals surface area contributed by atoms with Gasteiger partial charge < -0.3 is 4.57 Å². The zero-order valence-electron chi connectivity index (χ0n) is 13.9. The van der Waals surface area contributed by atoms with Gasteiger partial charge in [-0.05, 0) is 61.7 Å². The van der Waals surface area contributed by atoms with Crippen molar-refractivity contribution in [2.24, 2.45) is 7.05 Å². The fourth-order valence-electron chi connectivity index (χ4n) is 2.63. The minimum Gasteiger partial charge on any atom is -0.302 e. The van der Waals surface area contributed by atoms with E-state index in [-0.39, 0.29) is 9.77 Å². The van der Waals surface area contributed by atoms with Gasteiger partial charge in [-0.15, -0.1) is 0 Å². The maximum Gasteiger partial charge on any atom is 0.307 e. The van der Waals surface area contributed by atoms with Gasteiger partial charge in [0, 0.05) is 7.05 Å². The predicted molar refractivity (Wildman–Crippen MR) is 98.5 cm³/mol. The molecular weight excluding hydrogens is 344 g/mol. The average Bonchev–Trinajstić information content (AvgIpc) is 2.77. The number of nitrogens with zero attached hydrogens (tertiary/aromatic N) is 1. The molecule has 126 valence electrons. The van der Waals surface area contributed by atoms with Gasteiger partial charge in [0.25, 0.3) is 10.0 Å². The van der Waals surface area contributed by atoms with Gasteiger partial charge in [-0.25, -0.2) is 8.42 Å². The van der Waals surface area contributed by atoms with E-state index >= 15 is 0 Å². The zero-order valence-corrected chi connectivity index (χ0v) is 15.5. The van der Waals surface area contributed by atoms with Gasteiger partial charge >= 0.3 is 4.87 Å². The monoisotopic (exact) mass is 362 g/mol. The van der Waals surface area contributed by atoms with Crippen molar-refractivity contribution in [1.82, 2.24) is 4.57 Å². The van der Waals surface area contributed by atoms with Crippen molar-refractivity contribution in [2.75, 3.05) is 4.72 Å². The van der Waals surface area contributed by atoms with Gasteiger partial charge in [0.15, 0.2) is 0 Å². The SMILES string of the molecule is Cc1cc(C)c(S(=O)(=O)Nc2ccc3c(c2)sc(=O)n3C)cc1C. The molecule has 2 aromatic carbocycles. The van der Waals surface area contributed by atoms with Crippen LogP contribution in [-0.4, -0.2) is 13.0 Å². The van der Waals surface area contributed by atoms with Gasteiger partial charge in [-0.2, -0.15) is 0 Å². The highest BCUT2D eigenvalue weighted by Gasteiger charge is 2.18.